The maximum atomic E-state index is 12.7. The number of carboxylic acids is 1. The third kappa shape index (κ3) is 4.69. The summed E-state index contributed by atoms with van der Waals surface area (Å²) in [6.45, 7) is 4.86. The molecule has 7 heteroatoms. The molecule has 0 unspecified atom stereocenters. The zero-order chi connectivity index (χ0) is 16.8. The lowest BCUT2D eigenvalue weighted by Crippen LogP contribution is -2.33. The van der Waals surface area contributed by atoms with Crippen LogP contribution < -0.4 is 0 Å². The molecule has 0 aromatic heterocycles. The first-order valence-corrected chi connectivity index (χ1v) is 9.19. The van der Waals surface area contributed by atoms with E-state index in [0.29, 0.717) is 13.1 Å². The fourth-order valence-electron chi connectivity index (χ4n) is 2.00. The van der Waals surface area contributed by atoms with Crippen molar-refractivity contribution in [2.45, 2.75) is 44.4 Å². The molecular weight excluding hydrogens is 326 g/mol. The van der Waals surface area contributed by atoms with Gasteiger partial charge >= 0.3 is 5.97 Å². The van der Waals surface area contributed by atoms with E-state index < -0.39 is 16.0 Å². The van der Waals surface area contributed by atoms with Crippen LogP contribution in [0.1, 0.15) is 49.9 Å². The van der Waals surface area contributed by atoms with Gasteiger partial charge in [0.1, 0.15) is 0 Å². The van der Waals surface area contributed by atoms with Crippen molar-refractivity contribution in [1.82, 2.24) is 4.31 Å². The van der Waals surface area contributed by atoms with Crippen molar-refractivity contribution in [2.24, 2.45) is 0 Å². The van der Waals surface area contributed by atoms with Crippen LogP contribution in [0.2, 0.25) is 5.02 Å². The fourth-order valence-corrected chi connectivity index (χ4v) is 3.74. The minimum Gasteiger partial charge on any atom is -0.478 e. The van der Waals surface area contributed by atoms with Crippen LogP contribution in [0.5, 0.6) is 0 Å². The van der Waals surface area contributed by atoms with E-state index in [1.54, 1.807) is 0 Å². The number of carbonyl (C=O) groups is 1. The summed E-state index contributed by atoms with van der Waals surface area (Å²) in [5.74, 6) is -1.24. The van der Waals surface area contributed by atoms with Crippen molar-refractivity contribution in [3.63, 3.8) is 0 Å². The summed E-state index contributed by atoms with van der Waals surface area (Å²) >= 11 is 5.80. The van der Waals surface area contributed by atoms with Crippen molar-refractivity contribution < 1.29 is 18.3 Å². The minimum absolute atomic E-state index is 0.0264. The normalized spacial score (nSPS) is 11.8. The van der Waals surface area contributed by atoms with Gasteiger partial charge in [-0.25, -0.2) is 13.2 Å². The molecule has 0 amide bonds. The molecule has 0 fully saturated rings. The Kier molecular flexibility index (Phi) is 7.32. The second-order valence-corrected chi connectivity index (χ2v) is 7.40. The highest BCUT2D eigenvalue weighted by Crippen LogP contribution is 2.23. The van der Waals surface area contributed by atoms with E-state index in [-0.39, 0.29) is 15.5 Å². The predicted molar refractivity (Wildman–Crippen MR) is 87.0 cm³/mol. The molecule has 0 atom stereocenters. The number of nitrogens with zero attached hydrogens (tertiary/aromatic N) is 1. The Morgan fingerprint density at radius 1 is 1.18 bits per heavy atom. The van der Waals surface area contributed by atoms with E-state index in [0.717, 1.165) is 31.7 Å². The number of aromatic carboxylic acids is 1. The number of carboxylic acid groups (broad SMARTS) is 1. The number of sulfonamides is 1. The van der Waals surface area contributed by atoms with E-state index in [9.17, 15) is 13.2 Å². The van der Waals surface area contributed by atoms with E-state index in [2.05, 4.69) is 0 Å². The number of rotatable bonds is 9. The van der Waals surface area contributed by atoms with Gasteiger partial charge in [-0.3, -0.25) is 0 Å². The highest BCUT2D eigenvalue weighted by molar-refractivity contribution is 7.89. The van der Waals surface area contributed by atoms with Gasteiger partial charge in [0, 0.05) is 13.1 Å². The molecule has 22 heavy (non-hydrogen) atoms. The van der Waals surface area contributed by atoms with Gasteiger partial charge in [-0.2, -0.15) is 4.31 Å². The quantitative estimate of drug-likeness (QED) is 0.740. The van der Waals surface area contributed by atoms with Crippen LogP contribution >= 0.6 is 11.6 Å². The van der Waals surface area contributed by atoms with Gasteiger partial charge < -0.3 is 5.11 Å². The first-order valence-electron chi connectivity index (χ1n) is 7.37. The largest absolute Gasteiger partial charge is 0.478 e. The average Bonchev–Trinajstić information content (AvgIpc) is 2.47. The summed E-state index contributed by atoms with van der Waals surface area (Å²) in [6, 6.07) is 3.80. The predicted octanol–water partition coefficient (Wildman–Crippen LogP) is 3.63. The Labute approximate surface area is 136 Å². The van der Waals surface area contributed by atoms with E-state index in [1.165, 1.54) is 16.4 Å². The number of benzene rings is 1. The third-order valence-corrected chi connectivity index (χ3v) is 5.55. The summed E-state index contributed by atoms with van der Waals surface area (Å²) in [5.41, 5.74) is -0.200. The van der Waals surface area contributed by atoms with Crippen LogP contribution in [0.25, 0.3) is 0 Å². The SMILES string of the molecule is CCCCN(CCCC)S(=O)(=O)c1ccc(Cl)c(C(=O)O)c1. The number of hydrogen-bond acceptors (Lipinski definition) is 3. The van der Waals surface area contributed by atoms with Crippen molar-refractivity contribution >= 4 is 27.6 Å². The Morgan fingerprint density at radius 3 is 2.18 bits per heavy atom. The molecular formula is C15H22ClNO4S. The standard InChI is InChI=1S/C15H22ClNO4S/c1-3-5-9-17(10-6-4-2)22(20,21)12-7-8-14(16)13(11-12)15(18)19/h7-8,11H,3-6,9-10H2,1-2H3,(H,18,19). The summed E-state index contributed by atoms with van der Waals surface area (Å²) < 4.78 is 26.9. The highest BCUT2D eigenvalue weighted by Gasteiger charge is 2.25. The van der Waals surface area contributed by atoms with Crippen LogP contribution in [-0.4, -0.2) is 36.9 Å². The number of hydrogen-bond donors (Lipinski definition) is 1. The zero-order valence-electron chi connectivity index (χ0n) is 12.9. The Morgan fingerprint density at radius 2 is 1.73 bits per heavy atom. The van der Waals surface area contributed by atoms with Gasteiger partial charge in [-0.1, -0.05) is 38.3 Å². The molecule has 0 aliphatic carbocycles. The van der Waals surface area contributed by atoms with Crippen molar-refractivity contribution in [3.05, 3.63) is 28.8 Å². The molecule has 124 valence electrons. The molecule has 0 aliphatic heterocycles. The van der Waals surface area contributed by atoms with Crippen molar-refractivity contribution in [1.29, 1.82) is 0 Å². The van der Waals surface area contributed by atoms with Crippen LogP contribution in [0.3, 0.4) is 0 Å². The first-order chi connectivity index (χ1) is 10.3. The molecule has 0 radical (unpaired) electrons. The lowest BCUT2D eigenvalue weighted by molar-refractivity contribution is 0.0697. The van der Waals surface area contributed by atoms with Gasteiger partial charge in [-0.15, -0.1) is 0 Å². The second-order valence-electron chi connectivity index (χ2n) is 5.06. The lowest BCUT2D eigenvalue weighted by Gasteiger charge is -2.22. The summed E-state index contributed by atoms with van der Waals surface area (Å²) in [7, 11) is -3.71. The molecule has 1 aromatic carbocycles. The average molecular weight is 348 g/mol. The van der Waals surface area contributed by atoms with Crippen LogP contribution in [0.4, 0.5) is 0 Å². The summed E-state index contributed by atoms with van der Waals surface area (Å²) in [4.78, 5) is 11.1. The molecule has 0 heterocycles. The van der Waals surface area contributed by atoms with Crippen molar-refractivity contribution in [3.8, 4) is 0 Å². The number of unbranched alkanes of at least 4 members (excludes halogenated alkanes) is 2. The van der Waals surface area contributed by atoms with Crippen LogP contribution in [0, 0.1) is 0 Å². The minimum atomic E-state index is -3.71. The smallest absolute Gasteiger partial charge is 0.337 e. The molecule has 1 N–H and O–H groups in total. The highest BCUT2D eigenvalue weighted by atomic mass is 35.5. The molecule has 0 spiro atoms. The molecule has 5 nitrogen and oxygen atoms in total. The number of halogens is 1. The Balaban J connectivity index is 3.18. The zero-order valence-corrected chi connectivity index (χ0v) is 14.5. The maximum Gasteiger partial charge on any atom is 0.337 e. The lowest BCUT2D eigenvalue weighted by atomic mass is 10.2. The molecule has 0 saturated carbocycles. The van der Waals surface area contributed by atoms with Crippen LogP contribution in [0.15, 0.2) is 23.1 Å². The van der Waals surface area contributed by atoms with Crippen LogP contribution in [-0.2, 0) is 10.0 Å². The Bertz CT molecular complexity index is 608. The van der Waals surface area contributed by atoms with E-state index >= 15 is 0 Å². The van der Waals surface area contributed by atoms with E-state index in [4.69, 9.17) is 16.7 Å². The van der Waals surface area contributed by atoms with Gasteiger partial charge in [0.15, 0.2) is 0 Å². The monoisotopic (exact) mass is 347 g/mol. The second kappa shape index (κ2) is 8.50. The molecule has 1 aromatic rings. The van der Waals surface area contributed by atoms with Gasteiger partial charge in [0.2, 0.25) is 10.0 Å². The molecule has 0 bridgehead atoms. The van der Waals surface area contributed by atoms with E-state index in [1.807, 2.05) is 13.8 Å². The fraction of sp³-hybridized carbons (Fsp3) is 0.533. The Hall–Kier alpha value is -1.11. The van der Waals surface area contributed by atoms with Gasteiger partial charge in [0.05, 0.1) is 15.5 Å². The third-order valence-electron chi connectivity index (χ3n) is 3.33. The van der Waals surface area contributed by atoms with Crippen molar-refractivity contribution in [2.75, 3.05) is 13.1 Å². The topological polar surface area (TPSA) is 74.7 Å². The maximum absolute atomic E-state index is 12.7. The van der Waals surface area contributed by atoms with Gasteiger partial charge in [0.25, 0.3) is 0 Å². The molecule has 0 saturated heterocycles. The summed E-state index contributed by atoms with van der Waals surface area (Å²) in [5, 5.41) is 9.11. The summed E-state index contributed by atoms with van der Waals surface area (Å²) in [6.07, 6.45) is 3.31. The first kappa shape index (κ1) is 18.9. The molecule has 1 rings (SSSR count). The van der Waals surface area contributed by atoms with Gasteiger partial charge in [-0.05, 0) is 31.0 Å². The molecule has 0 aliphatic rings.